The van der Waals surface area contributed by atoms with E-state index in [4.69, 9.17) is 4.74 Å². The predicted octanol–water partition coefficient (Wildman–Crippen LogP) is 4.46. The molecule has 4 rings (SSSR count). The second kappa shape index (κ2) is 9.12. The maximum absolute atomic E-state index is 13.3. The number of hydrogen-bond donors (Lipinski definition) is 1. The summed E-state index contributed by atoms with van der Waals surface area (Å²) in [5.41, 5.74) is 3.34. The molecule has 1 amide bonds. The molecule has 7 heteroatoms. The van der Waals surface area contributed by atoms with Gasteiger partial charge in [-0.3, -0.25) is 4.79 Å². The third-order valence-corrected chi connectivity index (χ3v) is 5.40. The Balaban J connectivity index is 1.57. The fraction of sp³-hybridized carbons (Fsp3) is 0.292. The zero-order chi connectivity index (χ0) is 21.8. The molecule has 3 aromatic rings. The number of amides is 1. The van der Waals surface area contributed by atoms with Crippen molar-refractivity contribution in [3.8, 4) is 5.69 Å². The van der Waals surface area contributed by atoms with E-state index in [1.807, 2.05) is 18.2 Å². The van der Waals surface area contributed by atoms with E-state index in [1.54, 1.807) is 35.9 Å². The molecule has 0 fully saturated rings. The van der Waals surface area contributed by atoms with Crippen LogP contribution in [0.1, 0.15) is 47.9 Å². The minimum absolute atomic E-state index is 0.227. The summed E-state index contributed by atoms with van der Waals surface area (Å²) in [5.74, 6) is -1.33. The van der Waals surface area contributed by atoms with Crippen molar-refractivity contribution in [2.24, 2.45) is 0 Å². The second-order valence-electron chi connectivity index (χ2n) is 7.53. The van der Waals surface area contributed by atoms with Crippen LogP contribution in [0.3, 0.4) is 0 Å². The maximum Gasteiger partial charge on any atom is 0.359 e. The van der Waals surface area contributed by atoms with Crippen molar-refractivity contribution in [3.05, 3.63) is 77.4 Å². The number of carbonyl (C=O) groups is 2. The zero-order valence-electron chi connectivity index (χ0n) is 17.3. The number of benzene rings is 2. The van der Waals surface area contributed by atoms with Gasteiger partial charge in [-0.1, -0.05) is 25.1 Å². The lowest BCUT2D eigenvalue weighted by Crippen LogP contribution is -2.32. The Hall–Kier alpha value is -3.48. The molecule has 1 N–H and O–H groups in total. The van der Waals surface area contributed by atoms with Crippen LogP contribution < -0.4 is 5.32 Å². The lowest BCUT2D eigenvalue weighted by molar-refractivity contribution is -0.124. The Bertz CT molecular complexity index is 1080. The van der Waals surface area contributed by atoms with Crippen molar-refractivity contribution in [2.45, 2.75) is 45.1 Å². The highest BCUT2D eigenvalue weighted by atomic mass is 19.1. The molecular formula is C24H24FN3O3. The smallest absolute Gasteiger partial charge is 0.359 e. The molecule has 1 aliphatic carbocycles. The molecule has 6 nitrogen and oxygen atoms in total. The summed E-state index contributed by atoms with van der Waals surface area (Å²) >= 11 is 0. The van der Waals surface area contributed by atoms with E-state index in [0.29, 0.717) is 24.2 Å². The van der Waals surface area contributed by atoms with Gasteiger partial charge in [0, 0.05) is 16.9 Å². The number of rotatable bonds is 6. The van der Waals surface area contributed by atoms with Gasteiger partial charge in [-0.2, -0.15) is 5.10 Å². The van der Waals surface area contributed by atoms with Crippen LogP contribution >= 0.6 is 0 Å². The molecular weight excluding hydrogens is 397 g/mol. The van der Waals surface area contributed by atoms with Crippen molar-refractivity contribution in [1.82, 2.24) is 9.78 Å². The second-order valence-corrected chi connectivity index (χ2v) is 7.53. The quantitative estimate of drug-likeness (QED) is 0.596. The van der Waals surface area contributed by atoms with Gasteiger partial charge < -0.3 is 10.1 Å². The Labute approximate surface area is 180 Å². The van der Waals surface area contributed by atoms with E-state index in [1.165, 1.54) is 12.1 Å². The highest BCUT2D eigenvalue weighted by Crippen LogP contribution is 2.28. The van der Waals surface area contributed by atoms with E-state index in [2.05, 4.69) is 10.4 Å². The number of esters is 1. The largest absolute Gasteiger partial charge is 0.447 e. The zero-order valence-corrected chi connectivity index (χ0v) is 17.3. The first-order valence-corrected chi connectivity index (χ1v) is 10.5. The normalized spacial score (nSPS) is 13.9. The van der Waals surface area contributed by atoms with Gasteiger partial charge in [0.25, 0.3) is 5.91 Å². The average Bonchev–Trinajstić information content (AvgIpc) is 3.18. The van der Waals surface area contributed by atoms with Crippen LogP contribution in [-0.2, 0) is 22.4 Å². The van der Waals surface area contributed by atoms with Gasteiger partial charge in [0.15, 0.2) is 11.8 Å². The van der Waals surface area contributed by atoms with Crippen LogP contribution in [0, 0.1) is 5.82 Å². The van der Waals surface area contributed by atoms with Crippen LogP contribution in [0.4, 0.5) is 10.1 Å². The van der Waals surface area contributed by atoms with E-state index in [9.17, 15) is 14.0 Å². The summed E-state index contributed by atoms with van der Waals surface area (Å²) in [4.78, 5) is 25.6. The van der Waals surface area contributed by atoms with Crippen molar-refractivity contribution in [1.29, 1.82) is 0 Å². The van der Waals surface area contributed by atoms with Crippen LogP contribution in [0.2, 0.25) is 0 Å². The standard InChI is InChI=1S/C24H24FN3O3/c1-2-21(23(29)26-17-8-4-3-5-9-17)31-24(30)22-19-10-6-7-11-20(19)28(27-22)18-14-12-16(25)13-15-18/h3-5,8-9,12-15,21H,2,6-7,10-11H2,1H3,(H,26,29). The van der Waals surface area contributed by atoms with Crippen LogP contribution in [-0.4, -0.2) is 27.8 Å². The van der Waals surface area contributed by atoms with Crippen LogP contribution in [0.15, 0.2) is 54.6 Å². The molecule has 0 radical (unpaired) electrons. The first-order chi connectivity index (χ1) is 15.1. The minimum Gasteiger partial charge on any atom is -0.447 e. The van der Waals surface area contributed by atoms with Crippen LogP contribution in [0.5, 0.6) is 0 Å². The fourth-order valence-electron chi connectivity index (χ4n) is 3.81. The first kappa shape index (κ1) is 20.8. The van der Waals surface area contributed by atoms with E-state index >= 15 is 0 Å². The summed E-state index contributed by atoms with van der Waals surface area (Å²) in [6.45, 7) is 1.79. The first-order valence-electron chi connectivity index (χ1n) is 10.5. The summed E-state index contributed by atoms with van der Waals surface area (Å²) < 4.78 is 20.6. The van der Waals surface area contributed by atoms with Gasteiger partial charge in [-0.05, 0) is 68.5 Å². The van der Waals surface area contributed by atoms with Crippen molar-refractivity contribution < 1.29 is 18.7 Å². The van der Waals surface area contributed by atoms with Crippen molar-refractivity contribution >= 4 is 17.6 Å². The summed E-state index contributed by atoms with van der Waals surface area (Å²) in [5, 5.41) is 7.28. The molecule has 31 heavy (non-hydrogen) atoms. The summed E-state index contributed by atoms with van der Waals surface area (Å²) in [6, 6.07) is 15.0. The Morgan fingerprint density at radius 3 is 2.52 bits per heavy atom. The number of fused-ring (bicyclic) bond motifs is 1. The molecule has 0 spiro atoms. The number of nitrogens with one attached hydrogen (secondary N) is 1. The molecule has 160 valence electrons. The van der Waals surface area contributed by atoms with Gasteiger partial charge >= 0.3 is 5.97 Å². The Morgan fingerprint density at radius 2 is 1.81 bits per heavy atom. The number of hydrogen-bond acceptors (Lipinski definition) is 4. The lowest BCUT2D eigenvalue weighted by Gasteiger charge is -2.16. The molecule has 2 aromatic carbocycles. The molecule has 1 aliphatic rings. The lowest BCUT2D eigenvalue weighted by atomic mass is 9.95. The van der Waals surface area contributed by atoms with Gasteiger partial charge in [-0.25, -0.2) is 13.9 Å². The molecule has 1 atom stereocenters. The monoisotopic (exact) mass is 421 g/mol. The van der Waals surface area contributed by atoms with Crippen LogP contribution in [0.25, 0.3) is 5.69 Å². The fourth-order valence-corrected chi connectivity index (χ4v) is 3.81. The third kappa shape index (κ3) is 4.50. The van der Waals surface area contributed by atoms with E-state index < -0.39 is 12.1 Å². The highest BCUT2D eigenvalue weighted by molar-refractivity contribution is 5.97. The van der Waals surface area contributed by atoms with E-state index in [-0.39, 0.29) is 17.4 Å². The maximum atomic E-state index is 13.3. The molecule has 1 aromatic heterocycles. The highest BCUT2D eigenvalue weighted by Gasteiger charge is 2.29. The number of halogens is 1. The number of aromatic nitrogens is 2. The van der Waals surface area contributed by atoms with Crippen molar-refractivity contribution in [2.75, 3.05) is 5.32 Å². The number of anilines is 1. The van der Waals surface area contributed by atoms with E-state index in [0.717, 1.165) is 30.5 Å². The average molecular weight is 421 g/mol. The predicted molar refractivity (Wildman–Crippen MR) is 115 cm³/mol. The van der Waals surface area contributed by atoms with Gasteiger partial charge in [0.2, 0.25) is 0 Å². The summed E-state index contributed by atoms with van der Waals surface area (Å²) in [6.07, 6.45) is 2.85. The number of ether oxygens (including phenoxy) is 1. The number of nitrogens with zero attached hydrogens (tertiary/aromatic N) is 2. The Morgan fingerprint density at radius 1 is 1.10 bits per heavy atom. The minimum atomic E-state index is -0.928. The molecule has 1 unspecified atom stereocenters. The van der Waals surface area contributed by atoms with Gasteiger partial charge in [0.05, 0.1) is 5.69 Å². The third-order valence-electron chi connectivity index (χ3n) is 5.40. The molecule has 0 saturated heterocycles. The summed E-state index contributed by atoms with van der Waals surface area (Å²) in [7, 11) is 0. The molecule has 0 bridgehead atoms. The van der Waals surface area contributed by atoms with Crippen molar-refractivity contribution in [3.63, 3.8) is 0 Å². The SMILES string of the molecule is CCC(OC(=O)c1nn(-c2ccc(F)cc2)c2c1CCCC2)C(=O)Nc1ccccc1. The number of para-hydroxylation sites is 1. The van der Waals surface area contributed by atoms with Gasteiger partial charge in [-0.15, -0.1) is 0 Å². The number of carbonyl (C=O) groups excluding carboxylic acids is 2. The Kier molecular flexibility index (Phi) is 6.11. The molecule has 0 aliphatic heterocycles. The molecule has 0 saturated carbocycles. The topological polar surface area (TPSA) is 73.2 Å². The van der Waals surface area contributed by atoms with Gasteiger partial charge in [0.1, 0.15) is 5.82 Å². The molecule has 1 heterocycles.